The Morgan fingerprint density at radius 2 is 2.09 bits per heavy atom. The summed E-state index contributed by atoms with van der Waals surface area (Å²) in [6.07, 6.45) is 3.45. The molecule has 2 aliphatic rings. The fourth-order valence-electron chi connectivity index (χ4n) is 3.72. The number of likely N-dealkylation sites (tertiary alicyclic amines) is 1. The highest BCUT2D eigenvalue weighted by atomic mass is 16.3. The van der Waals surface area contributed by atoms with Gasteiger partial charge in [-0.1, -0.05) is 19.1 Å². The van der Waals surface area contributed by atoms with Crippen molar-refractivity contribution in [3.8, 4) is 0 Å². The average Bonchev–Trinajstić information content (AvgIpc) is 3.12. The maximum Gasteiger partial charge on any atom is 0.226 e. The molecule has 3 rings (SSSR count). The first-order valence-corrected chi connectivity index (χ1v) is 8.45. The Kier molecular flexibility index (Phi) is 4.50. The van der Waals surface area contributed by atoms with E-state index in [0.717, 1.165) is 30.8 Å². The number of β-amino-alcohol motifs (C(OH)–C–C–N with tert-alkyl or cyclic N) is 1. The Balaban J connectivity index is 1.77. The van der Waals surface area contributed by atoms with Gasteiger partial charge in [-0.25, -0.2) is 0 Å². The molecule has 2 aliphatic heterocycles. The topological polar surface area (TPSA) is 43.8 Å². The third-order valence-electron chi connectivity index (χ3n) is 4.90. The van der Waals surface area contributed by atoms with Crippen LogP contribution in [0.3, 0.4) is 0 Å². The van der Waals surface area contributed by atoms with E-state index in [4.69, 9.17) is 0 Å². The summed E-state index contributed by atoms with van der Waals surface area (Å²) >= 11 is 0. The number of amides is 1. The van der Waals surface area contributed by atoms with Crippen molar-refractivity contribution in [3.05, 3.63) is 29.3 Å². The van der Waals surface area contributed by atoms with Gasteiger partial charge in [-0.3, -0.25) is 4.79 Å². The molecule has 1 aromatic rings. The van der Waals surface area contributed by atoms with Crippen molar-refractivity contribution in [2.45, 2.75) is 51.7 Å². The lowest BCUT2D eigenvalue weighted by Crippen LogP contribution is -2.35. The largest absolute Gasteiger partial charge is 0.387 e. The zero-order valence-electron chi connectivity index (χ0n) is 13.6. The standard InChI is InChI=1S/C18H26N2O2/c1-3-18(22)20-13(2)10-15-11-14(6-7-16(15)20)17(21)12-19-8-4-5-9-19/h6-7,11,13,17,21H,3-5,8-10,12H2,1-2H3. The Labute approximate surface area is 132 Å². The Bertz CT molecular complexity index is 552. The first kappa shape index (κ1) is 15.5. The minimum Gasteiger partial charge on any atom is -0.387 e. The highest BCUT2D eigenvalue weighted by molar-refractivity contribution is 5.96. The normalized spacial score (nSPS) is 22.9. The van der Waals surface area contributed by atoms with E-state index in [-0.39, 0.29) is 11.9 Å². The van der Waals surface area contributed by atoms with Gasteiger partial charge in [0.2, 0.25) is 5.91 Å². The fraction of sp³-hybridized carbons (Fsp3) is 0.611. The number of carbonyl (C=O) groups is 1. The van der Waals surface area contributed by atoms with Crippen LogP contribution < -0.4 is 4.90 Å². The molecule has 1 saturated heterocycles. The second kappa shape index (κ2) is 6.39. The van der Waals surface area contributed by atoms with Crippen LogP contribution >= 0.6 is 0 Å². The molecule has 4 nitrogen and oxygen atoms in total. The van der Waals surface area contributed by atoms with E-state index in [1.807, 2.05) is 24.0 Å². The first-order valence-electron chi connectivity index (χ1n) is 8.45. The SMILES string of the molecule is CCC(=O)N1c2ccc(C(O)CN3CCCC3)cc2CC1C. The number of rotatable bonds is 4. The summed E-state index contributed by atoms with van der Waals surface area (Å²) in [7, 11) is 0. The van der Waals surface area contributed by atoms with Gasteiger partial charge in [-0.2, -0.15) is 0 Å². The van der Waals surface area contributed by atoms with E-state index in [1.54, 1.807) is 0 Å². The molecule has 0 saturated carbocycles. The zero-order valence-corrected chi connectivity index (χ0v) is 13.6. The molecule has 0 spiro atoms. The van der Waals surface area contributed by atoms with Crippen LogP contribution in [0, 0.1) is 0 Å². The van der Waals surface area contributed by atoms with E-state index >= 15 is 0 Å². The van der Waals surface area contributed by atoms with Gasteiger partial charge in [0.15, 0.2) is 0 Å². The van der Waals surface area contributed by atoms with Crippen molar-refractivity contribution in [2.24, 2.45) is 0 Å². The molecule has 2 unspecified atom stereocenters. The van der Waals surface area contributed by atoms with Crippen LogP contribution in [-0.4, -0.2) is 41.6 Å². The first-order chi connectivity index (χ1) is 10.6. The maximum atomic E-state index is 12.1. The molecular formula is C18H26N2O2. The third kappa shape index (κ3) is 2.90. The van der Waals surface area contributed by atoms with Crippen LogP contribution in [0.4, 0.5) is 5.69 Å². The molecule has 0 aromatic heterocycles. The summed E-state index contributed by atoms with van der Waals surface area (Å²) in [5.41, 5.74) is 3.19. The van der Waals surface area contributed by atoms with E-state index in [2.05, 4.69) is 17.9 Å². The summed E-state index contributed by atoms with van der Waals surface area (Å²) in [4.78, 5) is 16.3. The van der Waals surface area contributed by atoms with Crippen LogP contribution in [0.25, 0.3) is 0 Å². The summed E-state index contributed by atoms with van der Waals surface area (Å²) in [6, 6.07) is 6.30. The van der Waals surface area contributed by atoms with Gasteiger partial charge in [0.1, 0.15) is 0 Å². The van der Waals surface area contributed by atoms with Gasteiger partial charge in [0.25, 0.3) is 0 Å². The zero-order chi connectivity index (χ0) is 15.7. The molecule has 0 radical (unpaired) electrons. The lowest BCUT2D eigenvalue weighted by atomic mass is 10.0. The van der Waals surface area contributed by atoms with Crippen molar-refractivity contribution in [1.29, 1.82) is 0 Å². The second-order valence-corrected chi connectivity index (χ2v) is 6.58. The van der Waals surface area contributed by atoms with Gasteiger partial charge < -0.3 is 14.9 Å². The van der Waals surface area contributed by atoms with Crippen LogP contribution in [-0.2, 0) is 11.2 Å². The van der Waals surface area contributed by atoms with Crippen LogP contribution in [0.2, 0.25) is 0 Å². The van der Waals surface area contributed by atoms with Gasteiger partial charge >= 0.3 is 0 Å². The van der Waals surface area contributed by atoms with Gasteiger partial charge in [0, 0.05) is 24.7 Å². The number of aliphatic hydroxyl groups is 1. The Morgan fingerprint density at radius 1 is 1.36 bits per heavy atom. The summed E-state index contributed by atoms with van der Waals surface area (Å²) in [5.74, 6) is 0.177. The molecule has 1 amide bonds. The number of carbonyl (C=O) groups excluding carboxylic acids is 1. The molecule has 1 N–H and O–H groups in total. The van der Waals surface area contributed by atoms with Crippen molar-refractivity contribution in [2.75, 3.05) is 24.5 Å². The van der Waals surface area contributed by atoms with E-state index in [9.17, 15) is 9.90 Å². The molecule has 2 heterocycles. The maximum absolute atomic E-state index is 12.1. The lowest BCUT2D eigenvalue weighted by Gasteiger charge is -2.23. The molecule has 0 bridgehead atoms. The summed E-state index contributed by atoms with van der Waals surface area (Å²) in [5, 5.41) is 10.5. The third-order valence-corrected chi connectivity index (χ3v) is 4.90. The molecule has 22 heavy (non-hydrogen) atoms. The monoisotopic (exact) mass is 302 g/mol. The van der Waals surface area contributed by atoms with Gasteiger partial charge in [0.05, 0.1) is 6.10 Å². The van der Waals surface area contributed by atoms with Crippen molar-refractivity contribution < 1.29 is 9.90 Å². The number of nitrogens with zero attached hydrogens (tertiary/aromatic N) is 2. The predicted molar refractivity (Wildman–Crippen MR) is 88.0 cm³/mol. The minimum atomic E-state index is -0.436. The van der Waals surface area contributed by atoms with Gasteiger partial charge in [-0.15, -0.1) is 0 Å². The van der Waals surface area contributed by atoms with Crippen molar-refractivity contribution in [1.82, 2.24) is 4.90 Å². The van der Waals surface area contributed by atoms with E-state index in [0.29, 0.717) is 13.0 Å². The molecule has 2 atom stereocenters. The second-order valence-electron chi connectivity index (χ2n) is 6.58. The highest BCUT2D eigenvalue weighted by Gasteiger charge is 2.30. The summed E-state index contributed by atoms with van der Waals surface area (Å²) in [6.45, 7) is 6.90. The number of hydrogen-bond donors (Lipinski definition) is 1. The predicted octanol–water partition coefficient (Wildman–Crippen LogP) is 2.50. The van der Waals surface area contributed by atoms with Crippen LogP contribution in [0.5, 0.6) is 0 Å². The number of anilines is 1. The highest BCUT2D eigenvalue weighted by Crippen LogP contribution is 2.34. The van der Waals surface area contributed by atoms with Crippen LogP contribution in [0.15, 0.2) is 18.2 Å². The van der Waals surface area contributed by atoms with Crippen LogP contribution in [0.1, 0.15) is 50.3 Å². The lowest BCUT2D eigenvalue weighted by molar-refractivity contribution is -0.118. The number of benzene rings is 1. The molecule has 120 valence electrons. The molecule has 1 aromatic carbocycles. The Hall–Kier alpha value is -1.39. The molecular weight excluding hydrogens is 276 g/mol. The fourth-order valence-corrected chi connectivity index (χ4v) is 3.72. The molecule has 4 heteroatoms. The van der Waals surface area contributed by atoms with E-state index in [1.165, 1.54) is 18.4 Å². The quantitative estimate of drug-likeness (QED) is 0.929. The number of hydrogen-bond acceptors (Lipinski definition) is 3. The number of aliphatic hydroxyl groups excluding tert-OH is 1. The minimum absolute atomic E-state index is 0.177. The summed E-state index contributed by atoms with van der Waals surface area (Å²) < 4.78 is 0. The Morgan fingerprint density at radius 3 is 2.77 bits per heavy atom. The van der Waals surface area contributed by atoms with E-state index < -0.39 is 6.10 Å². The smallest absolute Gasteiger partial charge is 0.226 e. The van der Waals surface area contributed by atoms with Gasteiger partial charge in [-0.05, 0) is 56.5 Å². The molecule has 1 fully saturated rings. The van der Waals surface area contributed by atoms with Crippen molar-refractivity contribution in [3.63, 3.8) is 0 Å². The van der Waals surface area contributed by atoms with Crippen molar-refractivity contribution >= 4 is 11.6 Å². The average molecular weight is 302 g/mol. The number of fused-ring (bicyclic) bond motifs is 1. The molecule has 0 aliphatic carbocycles.